The highest BCUT2D eigenvalue weighted by molar-refractivity contribution is 7.89. The van der Waals surface area contributed by atoms with Crippen LogP contribution in [-0.2, 0) is 10.0 Å². The molecule has 0 spiro atoms. The Balaban J connectivity index is 2.16. The molecule has 1 amide bonds. The SMILES string of the molecule is O=C(NCCO)c1cccc(S(=O)(=O)NC2CC2)c1. The molecule has 1 aliphatic carbocycles. The molecule has 1 aromatic rings. The van der Waals surface area contributed by atoms with Crippen molar-refractivity contribution in [3.63, 3.8) is 0 Å². The van der Waals surface area contributed by atoms with Crippen LogP contribution in [0.15, 0.2) is 29.2 Å². The number of rotatable bonds is 6. The van der Waals surface area contributed by atoms with Gasteiger partial charge in [-0.15, -0.1) is 0 Å². The van der Waals surface area contributed by atoms with Gasteiger partial charge in [0, 0.05) is 18.2 Å². The van der Waals surface area contributed by atoms with Gasteiger partial charge in [0.15, 0.2) is 0 Å². The average molecular weight is 284 g/mol. The van der Waals surface area contributed by atoms with Gasteiger partial charge in [-0.3, -0.25) is 4.79 Å². The molecule has 0 aromatic heterocycles. The highest BCUT2D eigenvalue weighted by Crippen LogP contribution is 2.22. The number of aliphatic hydroxyl groups is 1. The Hall–Kier alpha value is -1.44. The van der Waals surface area contributed by atoms with Gasteiger partial charge in [-0.2, -0.15) is 0 Å². The summed E-state index contributed by atoms with van der Waals surface area (Å²) in [7, 11) is -3.55. The molecule has 0 saturated heterocycles. The van der Waals surface area contributed by atoms with E-state index in [9.17, 15) is 13.2 Å². The lowest BCUT2D eigenvalue weighted by Crippen LogP contribution is -2.28. The van der Waals surface area contributed by atoms with Crippen molar-refractivity contribution in [1.82, 2.24) is 10.0 Å². The number of carbonyl (C=O) groups is 1. The average Bonchev–Trinajstić information content (AvgIpc) is 3.19. The lowest BCUT2D eigenvalue weighted by molar-refractivity contribution is 0.0944. The normalized spacial score (nSPS) is 15.2. The van der Waals surface area contributed by atoms with Crippen molar-refractivity contribution < 1.29 is 18.3 Å². The quantitative estimate of drug-likeness (QED) is 0.677. The number of aliphatic hydroxyl groups excluding tert-OH is 1. The molecule has 0 radical (unpaired) electrons. The molecule has 1 fully saturated rings. The highest BCUT2D eigenvalue weighted by atomic mass is 32.2. The highest BCUT2D eigenvalue weighted by Gasteiger charge is 2.28. The molecule has 1 aliphatic rings. The fraction of sp³-hybridized carbons (Fsp3) is 0.417. The zero-order valence-corrected chi connectivity index (χ0v) is 11.1. The minimum absolute atomic E-state index is 0.0249. The Labute approximate surface area is 111 Å². The summed E-state index contributed by atoms with van der Waals surface area (Å²) in [6, 6.07) is 5.86. The molecular formula is C12H16N2O4S. The lowest BCUT2D eigenvalue weighted by Gasteiger charge is -2.07. The molecule has 3 N–H and O–H groups in total. The Morgan fingerprint density at radius 1 is 1.37 bits per heavy atom. The summed E-state index contributed by atoms with van der Waals surface area (Å²) in [6.07, 6.45) is 1.71. The summed E-state index contributed by atoms with van der Waals surface area (Å²) in [5.74, 6) is -0.405. The smallest absolute Gasteiger partial charge is 0.251 e. The number of sulfonamides is 1. The second kappa shape index (κ2) is 5.68. The molecule has 0 aliphatic heterocycles. The van der Waals surface area contributed by atoms with Gasteiger partial charge in [-0.1, -0.05) is 6.07 Å². The molecular weight excluding hydrogens is 268 g/mol. The van der Waals surface area contributed by atoms with E-state index in [1.165, 1.54) is 24.3 Å². The van der Waals surface area contributed by atoms with Crippen LogP contribution in [-0.4, -0.2) is 38.6 Å². The zero-order valence-electron chi connectivity index (χ0n) is 10.3. The molecule has 0 unspecified atom stereocenters. The molecule has 1 aromatic carbocycles. The summed E-state index contributed by atoms with van der Waals surface area (Å²) < 4.78 is 26.5. The van der Waals surface area contributed by atoms with E-state index >= 15 is 0 Å². The van der Waals surface area contributed by atoms with Crippen molar-refractivity contribution in [2.24, 2.45) is 0 Å². The predicted molar refractivity (Wildman–Crippen MR) is 69.2 cm³/mol. The summed E-state index contributed by atoms with van der Waals surface area (Å²) in [5, 5.41) is 11.1. The van der Waals surface area contributed by atoms with E-state index in [1.807, 2.05) is 0 Å². The first kappa shape index (κ1) is 14.0. The Bertz CT molecular complexity index is 567. The summed E-state index contributed by atoms with van der Waals surface area (Å²) in [5.41, 5.74) is 0.257. The number of carbonyl (C=O) groups excluding carboxylic acids is 1. The third kappa shape index (κ3) is 3.76. The number of nitrogens with one attached hydrogen (secondary N) is 2. The Kier molecular flexibility index (Phi) is 4.18. The van der Waals surface area contributed by atoms with Gasteiger partial charge in [0.1, 0.15) is 0 Å². The van der Waals surface area contributed by atoms with Gasteiger partial charge in [-0.05, 0) is 31.0 Å². The third-order valence-corrected chi connectivity index (χ3v) is 4.22. The predicted octanol–water partition coefficient (Wildman–Crippen LogP) is -0.151. The van der Waals surface area contributed by atoms with Gasteiger partial charge < -0.3 is 10.4 Å². The molecule has 1 saturated carbocycles. The molecule has 2 rings (SSSR count). The summed E-state index contributed by atoms with van der Waals surface area (Å²) >= 11 is 0. The fourth-order valence-electron chi connectivity index (χ4n) is 1.56. The minimum atomic E-state index is -3.55. The van der Waals surface area contributed by atoms with Crippen LogP contribution in [0.3, 0.4) is 0 Å². The summed E-state index contributed by atoms with van der Waals surface area (Å²) in [4.78, 5) is 11.8. The maximum atomic E-state index is 12.0. The van der Waals surface area contributed by atoms with Crippen LogP contribution in [0.5, 0.6) is 0 Å². The third-order valence-electron chi connectivity index (χ3n) is 2.70. The van der Waals surface area contributed by atoms with E-state index in [2.05, 4.69) is 10.0 Å². The van der Waals surface area contributed by atoms with Crippen molar-refractivity contribution in [3.05, 3.63) is 29.8 Å². The van der Waals surface area contributed by atoms with E-state index in [-0.39, 0.29) is 29.7 Å². The van der Waals surface area contributed by atoms with Crippen LogP contribution in [0.25, 0.3) is 0 Å². The lowest BCUT2D eigenvalue weighted by atomic mass is 10.2. The Morgan fingerprint density at radius 3 is 2.74 bits per heavy atom. The van der Waals surface area contributed by atoms with Gasteiger partial charge in [-0.25, -0.2) is 13.1 Å². The van der Waals surface area contributed by atoms with E-state index in [1.54, 1.807) is 0 Å². The topological polar surface area (TPSA) is 95.5 Å². The molecule has 0 atom stereocenters. The maximum Gasteiger partial charge on any atom is 0.251 e. The standard InChI is InChI=1S/C12H16N2O4S/c15-7-6-13-12(16)9-2-1-3-11(8-9)19(17,18)14-10-4-5-10/h1-3,8,10,14-15H,4-7H2,(H,13,16). The second-order valence-electron chi connectivity index (χ2n) is 4.40. The van der Waals surface area contributed by atoms with Crippen molar-refractivity contribution >= 4 is 15.9 Å². The van der Waals surface area contributed by atoms with E-state index in [0.29, 0.717) is 0 Å². The van der Waals surface area contributed by atoms with Gasteiger partial charge >= 0.3 is 0 Å². The fourth-order valence-corrected chi connectivity index (χ4v) is 2.92. The number of hydrogen-bond acceptors (Lipinski definition) is 4. The van der Waals surface area contributed by atoms with Crippen molar-refractivity contribution in [2.75, 3.05) is 13.2 Å². The number of amides is 1. The van der Waals surface area contributed by atoms with E-state index < -0.39 is 15.9 Å². The first-order chi connectivity index (χ1) is 9.03. The molecule has 0 bridgehead atoms. The van der Waals surface area contributed by atoms with Crippen molar-refractivity contribution in [1.29, 1.82) is 0 Å². The second-order valence-corrected chi connectivity index (χ2v) is 6.12. The number of benzene rings is 1. The Morgan fingerprint density at radius 2 is 2.11 bits per heavy atom. The maximum absolute atomic E-state index is 12.0. The van der Waals surface area contributed by atoms with E-state index in [4.69, 9.17) is 5.11 Å². The van der Waals surface area contributed by atoms with E-state index in [0.717, 1.165) is 12.8 Å². The number of hydrogen-bond donors (Lipinski definition) is 3. The van der Waals surface area contributed by atoms with Crippen LogP contribution in [0.1, 0.15) is 23.2 Å². The monoisotopic (exact) mass is 284 g/mol. The first-order valence-electron chi connectivity index (χ1n) is 6.04. The molecule has 7 heteroatoms. The van der Waals surface area contributed by atoms with Crippen LogP contribution < -0.4 is 10.0 Å². The minimum Gasteiger partial charge on any atom is -0.395 e. The van der Waals surface area contributed by atoms with Gasteiger partial charge in [0.05, 0.1) is 11.5 Å². The zero-order chi connectivity index (χ0) is 13.9. The largest absolute Gasteiger partial charge is 0.395 e. The molecule has 104 valence electrons. The first-order valence-corrected chi connectivity index (χ1v) is 7.53. The van der Waals surface area contributed by atoms with Gasteiger partial charge in [0.2, 0.25) is 10.0 Å². The van der Waals surface area contributed by atoms with Crippen LogP contribution in [0.2, 0.25) is 0 Å². The molecule has 19 heavy (non-hydrogen) atoms. The molecule has 6 nitrogen and oxygen atoms in total. The van der Waals surface area contributed by atoms with Crippen molar-refractivity contribution in [2.45, 2.75) is 23.8 Å². The van der Waals surface area contributed by atoms with Crippen LogP contribution in [0.4, 0.5) is 0 Å². The van der Waals surface area contributed by atoms with Crippen LogP contribution >= 0.6 is 0 Å². The summed E-state index contributed by atoms with van der Waals surface area (Å²) in [6.45, 7) is -0.0247. The van der Waals surface area contributed by atoms with Crippen LogP contribution in [0, 0.1) is 0 Å². The van der Waals surface area contributed by atoms with Gasteiger partial charge in [0.25, 0.3) is 5.91 Å². The van der Waals surface area contributed by atoms with Crippen molar-refractivity contribution in [3.8, 4) is 0 Å². The molecule has 0 heterocycles.